The molecule has 0 aromatic carbocycles. The maximum atomic E-state index is 10.1. The van der Waals surface area contributed by atoms with E-state index in [0.717, 1.165) is 18.3 Å². The highest BCUT2D eigenvalue weighted by Crippen LogP contribution is 2.60. The van der Waals surface area contributed by atoms with E-state index in [1.165, 1.54) is 19.3 Å². The molecule has 14 heavy (non-hydrogen) atoms. The molecule has 4 unspecified atom stereocenters. The van der Waals surface area contributed by atoms with Gasteiger partial charge in [0, 0.05) is 0 Å². The van der Waals surface area contributed by atoms with Crippen LogP contribution in [0.1, 0.15) is 39.5 Å². The van der Waals surface area contributed by atoms with Gasteiger partial charge in [-0.25, -0.2) is 0 Å². The van der Waals surface area contributed by atoms with Crippen molar-refractivity contribution in [3.8, 4) is 0 Å². The molecule has 0 spiro atoms. The van der Waals surface area contributed by atoms with Crippen LogP contribution in [0.4, 0.5) is 0 Å². The van der Waals surface area contributed by atoms with Crippen LogP contribution >= 0.6 is 0 Å². The zero-order valence-electron chi connectivity index (χ0n) is 9.37. The Labute approximate surface area is 87.2 Å². The van der Waals surface area contributed by atoms with Crippen LogP contribution in [0.2, 0.25) is 0 Å². The third-order valence-corrected chi connectivity index (χ3v) is 4.72. The van der Waals surface area contributed by atoms with Crippen LogP contribution in [-0.2, 0) is 0 Å². The second-order valence-electron chi connectivity index (χ2n) is 5.71. The van der Waals surface area contributed by atoms with Crippen molar-refractivity contribution in [1.29, 1.82) is 0 Å². The Hall–Kier alpha value is -0.300. The number of fused-ring (bicyclic) bond motifs is 2. The van der Waals surface area contributed by atoms with Crippen LogP contribution in [0.5, 0.6) is 0 Å². The fourth-order valence-corrected chi connectivity index (χ4v) is 4.03. The largest absolute Gasteiger partial charge is 0.392 e. The lowest BCUT2D eigenvalue weighted by Crippen LogP contribution is -2.38. The van der Waals surface area contributed by atoms with Gasteiger partial charge in [0.25, 0.3) is 0 Å². The molecule has 2 saturated carbocycles. The molecule has 2 aliphatic rings. The van der Waals surface area contributed by atoms with Crippen LogP contribution in [0, 0.1) is 23.2 Å². The number of aliphatic hydroxyl groups is 1. The second kappa shape index (κ2) is 3.37. The highest BCUT2D eigenvalue weighted by atomic mass is 16.3. The summed E-state index contributed by atoms with van der Waals surface area (Å²) in [6.45, 7) is 8.40. The normalized spacial score (nSPS) is 41.2. The zero-order valence-corrected chi connectivity index (χ0v) is 9.37. The summed E-state index contributed by atoms with van der Waals surface area (Å²) in [6.07, 6.45) is 6.54. The third-order valence-electron chi connectivity index (χ3n) is 4.72. The molecule has 0 saturated heterocycles. The van der Waals surface area contributed by atoms with Gasteiger partial charge in [-0.2, -0.15) is 0 Å². The summed E-state index contributed by atoms with van der Waals surface area (Å²) in [5.41, 5.74) is 0.353. The van der Waals surface area contributed by atoms with Crippen LogP contribution in [0.3, 0.4) is 0 Å². The van der Waals surface area contributed by atoms with Gasteiger partial charge in [-0.3, -0.25) is 0 Å². The van der Waals surface area contributed by atoms with Crippen molar-refractivity contribution < 1.29 is 5.11 Å². The molecule has 2 aliphatic carbocycles. The average molecular weight is 194 g/mol. The van der Waals surface area contributed by atoms with Crippen molar-refractivity contribution in [3.63, 3.8) is 0 Å². The first-order valence-electron chi connectivity index (χ1n) is 5.86. The summed E-state index contributed by atoms with van der Waals surface area (Å²) in [4.78, 5) is 0. The third kappa shape index (κ3) is 1.33. The minimum absolute atomic E-state index is 0.155. The fraction of sp³-hybridized carbons (Fsp3) is 0.846. The molecule has 80 valence electrons. The van der Waals surface area contributed by atoms with E-state index >= 15 is 0 Å². The molecular formula is C13H22O. The van der Waals surface area contributed by atoms with E-state index in [1.54, 1.807) is 0 Å². The summed E-state index contributed by atoms with van der Waals surface area (Å²) in [7, 11) is 0. The zero-order chi connectivity index (χ0) is 10.3. The van der Waals surface area contributed by atoms with E-state index in [4.69, 9.17) is 0 Å². The van der Waals surface area contributed by atoms with Crippen molar-refractivity contribution in [2.75, 3.05) is 0 Å². The van der Waals surface area contributed by atoms with E-state index < -0.39 is 0 Å². The minimum Gasteiger partial charge on any atom is -0.392 e. The van der Waals surface area contributed by atoms with Gasteiger partial charge in [-0.05, 0) is 48.9 Å². The summed E-state index contributed by atoms with van der Waals surface area (Å²) in [6, 6.07) is 0. The molecule has 1 N–H and O–H groups in total. The molecule has 0 amide bonds. The summed E-state index contributed by atoms with van der Waals surface area (Å²) < 4.78 is 0. The molecular weight excluding hydrogens is 172 g/mol. The Morgan fingerprint density at radius 2 is 2.21 bits per heavy atom. The number of rotatable bonds is 3. The fourth-order valence-electron chi connectivity index (χ4n) is 4.03. The molecule has 2 rings (SSSR count). The van der Waals surface area contributed by atoms with Crippen molar-refractivity contribution in [3.05, 3.63) is 12.7 Å². The number of hydrogen-bond donors (Lipinski definition) is 1. The highest BCUT2D eigenvalue weighted by Gasteiger charge is 2.54. The molecule has 1 nitrogen and oxygen atoms in total. The van der Waals surface area contributed by atoms with Gasteiger partial charge in [0.05, 0.1) is 6.10 Å². The van der Waals surface area contributed by atoms with E-state index in [2.05, 4.69) is 20.4 Å². The monoisotopic (exact) mass is 194 g/mol. The smallest absolute Gasteiger partial charge is 0.0610 e. The molecule has 0 aliphatic heterocycles. The van der Waals surface area contributed by atoms with Crippen molar-refractivity contribution in [2.45, 2.75) is 45.6 Å². The summed E-state index contributed by atoms with van der Waals surface area (Å²) in [5.74, 6) is 2.15. The van der Waals surface area contributed by atoms with Gasteiger partial charge in [0.2, 0.25) is 0 Å². The van der Waals surface area contributed by atoms with Gasteiger partial charge in [0.1, 0.15) is 0 Å². The van der Waals surface area contributed by atoms with Crippen LogP contribution in [-0.4, -0.2) is 11.2 Å². The Morgan fingerprint density at radius 1 is 1.50 bits per heavy atom. The predicted octanol–water partition coefficient (Wildman–Crippen LogP) is 3.00. The van der Waals surface area contributed by atoms with Crippen molar-refractivity contribution >= 4 is 0 Å². The summed E-state index contributed by atoms with van der Waals surface area (Å²) in [5, 5.41) is 10.1. The maximum absolute atomic E-state index is 10.1. The van der Waals surface area contributed by atoms with E-state index in [9.17, 15) is 5.11 Å². The Balaban J connectivity index is 2.14. The predicted molar refractivity (Wildman–Crippen MR) is 58.9 cm³/mol. The Kier molecular flexibility index (Phi) is 2.46. The SMILES string of the molecule is C=CCC(O)C1C2CCC(C2)C1(C)C. The standard InChI is InChI=1S/C13H22O/c1-4-5-11(14)12-9-6-7-10(8-9)13(12,2)3/h4,9-12,14H,1,5-8H2,2-3H3. The number of aliphatic hydroxyl groups excluding tert-OH is 1. The molecule has 2 fully saturated rings. The molecule has 1 heteroatoms. The number of hydrogen-bond acceptors (Lipinski definition) is 1. The first-order valence-corrected chi connectivity index (χ1v) is 5.86. The lowest BCUT2D eigenvalue weighted by molar-refractivity contribution is -0.000279. The Morgan fingerprint density at radius 3 is 2.71 bits per heavy atom. The molecule has 0 aromatic heterocycles. The van der Waals surface area contributed by atoms with Gasteiger partial charge >= 0.3 is 0 Å². The van der Waals surface area contributed by atoms with Crippen molar-refractivity contribution in [2.24, 2.45) is 23.2 Å². The first kappa shape index (κ1) is 10.2. The average Bonchev–Trinajstić information content (AvgIpc) is 2.61. The molecule has 0 heterocycles. The first-order chi connectivity index (χ1) is 6.57. The quantitative estimate of drug-likeness (QED) is 0.685. The molecule has 2 bridgehead atoms. The summed E-state index contributed by atoms with van der Waals surface area (Å²) >= 11 is 0. The van der Waals surface area contributed by atoms with E-state index in [-0.39, 0.29) is 6.10 Å². The van der Waals surface area contributed by atoms with E-state index in [1.807, 2.05) is 6.08 Å². The van der Waals surface area contributed by atoms with Crippen LogP contribution in [0.25, 0.3) is 0 Å². The van der Waals surface area contributed by atoms with Crippen LogP contribution in [0.15, 0.2) is 12.7 Å². The van der Waals surface area contributed by atoms with Gasteiger partial charge < -0.3 is 5.11 Å². The lowest BCUT2D eigenvalue weighted by Gasteiger charge is -2.40. The molecule has 0 aromatic rings. The molecule has 4 atom stereocenters. The van der Waals surface area contributed by atoms with E-state index in [0.29, 0.717) is 11.3 Å². The van der Waals surface area contributed by atoms with Gasteiger partial charge in [-0.1, -0.05) is 19.9 Å². The Bertz CT molecular complexity index is 231. The minimum atomic E-state index is -0.155. The van der Waals surface area contributed by atoms with Crippen LogP contribution < -0.4 is 0 Å². The second-order valence-corrected chi connectivity index (χ2v) is 5.71. The van der Waals surface area contributed by atoms with Gasteiger partial charge in [-0.15, -0.1) is 6.58 Å². The topological polar surface area (TPSA) is 20.2 Å². The molecule has 0 radical (unpaired) electrons. The van der Waals surface area contributed by atoms with Crippen molar-refractivity contribution in [1.82, 2.24) is 0 Å². The highest BCUT2D eigenvalue weighted by molar-refractivity contribution is 5.04. The lowest BCUT2D eigenvalue weighted by atomic mass is 9.66. The van der Waals surface area contributed by atoms with Gasteiger partial charge in [0.15, 0.2) is 0 Å². The maximum Gasteiger partial charge on any atom is 0.0610 e.